The number of amides is 2. The lowest BCUT2D eigenvalue weighted by atomic mass is 10.0. The summed E-state index contributed by atoms with van der Waals surface area (Å²) in [5.74, 6) is -4.11. The van der Waals surface area contributed by atoms with Gasteiger partial charge in [0.2, 0.25) is 11.7 Å². The highest BCUT2D eigenvalue weighted by molar-refractivity contribution is 8.00. The third-order valence-electron chi connectivity index (χ3n) is 4.21. The van der Waals surface area contributed by atoms with Crippen molar-refractivity contribution >= 4 is 52.6 Å². The number of carbonyl (C=O) groups is 4. The molecule has 2 atom stereocenters. The van der Waals surface area contributed by atoms with Crippen LogP contribution < -0.4 is 5.32 Å². The van der Waals surface area contributed by atoms with Crippen LogP contribution in [0.25, 0.3) is 0 Å². The highest BCUT2D eigenvalue weighted by atomic mass is 32.2. The number of halogens is 1. The maximum atomic E-state index is 14.2. The molecule has 2 amide bonds. The lowest BCUT2D eigenvalue weighted by molar-refractivity contribution is -0.150. The monoisotopic (exact) mass is 470 g/mol. The lowest BCUT2D eigenvalue weighted by Crippen LogP contribution is -2.71. The Hall–Kier alpha value is -3.26. The number of aryl methyl sites for hydroxylation is 1. The van der Waals surface area contributed by atoms with Crippen LogP contribution in [0.3, 0.4) is 0 Å². The second-order valence-corrected chi connectivity index (χ2v) is 8.46. The summed E-state index contributed by atoms with van der Waals surface area (Å²) in [5.41, 5.74) is -0.938. The Morgan fingerprint density at radius 3 is 2.71 bits per heavy atom. The van der Waals surface area contributed by atoms with Crippen LogP contribution in [0, 0.1) is 12.1 Å². The normalized spacial score (nSPS) is 20.6. The van der Waals surface area contributed by atoms with Crippen molar-refractivity contribution in [3.05, 3.63) is 39.8 Å². The van der Waals surface area contributed by atoms with E-state index in [1.54, 1.807) is 0 Å². The van der Waals surface area contributed by atoms with Crippen molar-refractivity contribution in [2.24, 2.45) is 5.16 Å². The Bertz CT molecular complexity index is 1050. The standard InChI is InChI=1S/C17H15FN4O7S2/c1-3-7-5-30-16-11(15(26)22(16)12(7)17(27)28)20-14(25)10(21-29-4-8(23)24)9-13(18)31-6(2)19-9/h3,11,16H,1,4-5H2,2H3,(H,20,25)(H,23,24)(H,27,28)/b21-10+/t11-,16-/m1/s1. The third-order valence-corrected chi connectivity index (χ3v) is 6.27. The number of β-lactam (4-membered cyclic amide) rings is 1. The number of carboxylic acid groups (broad SMARTS) is 2. The Morgan fingerprint density at radius 2 is 2.16 bits per heavy atom. The van der Waals surface area contributed by atoms with Gasteiger partial charge >= 0.3 is 11.9 Å². The molecular weight excluding hydrogens is 455 g/mol. The fourth-order valence-electron chi connectivity index (χ4n) is 2.90. The zero-order valence-corrected chi connectivity index (χ0v) is 17.5. The molecule has 0 unspecified atom stereocenters. The highest BCUT2D eigenvalue weighted by Crippen LogP contribution is 2.40. The predicted octanol–water partition coefficient (Wildman–Crippen LogP) is 0.321. The molecular formula is C17H15FN4O7S2. The fourth-order valence-corrected chi connectivity index (χ4v) is 4.88. The molecule has 11 nitrogen and oxygen atoms in total. The van der Waals surface area contributed by atoms with E-state index >= 15 is 0 Å². The quantitative estimate of drug-likeness (QED) is 0.276. The molecule has 2 aliphatic heterocycles. The van der Waals surface area contributed by atoms with E-state index < -0.39 is 58.3 Å². The van der Waals surface area contributed by atoms with Gasteiger partial charge in [-0.1, -0.05) is 29.1 Å². The van der Waals surface area contributed by atoms with Crippen LogP contribution in [0.5, 0.6) is 0 Å². The minimum absolute atomic E-state index is 0.214. The number of nitrogens with one attached hydrogen (secondary N) is 1. The van der Waals surface area contributed by atoms with Gasteiger partial charge in [0, 0.05) is 5.75 Å². The van der Waals surface area contributed by atoms with Crippen molar-refractivity contribution in [2.75, 3.05) is 12.4 Å². The lowest BCUT2D eigenvalue weighted by Gasteiger charge is -2.49. The van der Waals surface area contributed by atoms with Gasteiger partial charge in [-0.2, -0.15) is 4.39 Å². The van der Waals surface area contributed by atoms with Gasteiger partial charge in [0.05, 0.1) is 5.01 Å². The smallest absolute Gasteiger partial charge is 0.352 e. The average Bonchev–Trinajstić information content (AvgIpc) is 3.05. The summed E-state index contributed by atoms with van der Waals surface area (Å²) in [7, 11) is 0. The van der Waals surface area contributed by atoms with Gasteiger partial charge in [-0.05, 0) is 12.5 Å². The van der Waals surface area contributed by atoms with Crippen LogP contribution in [0.4, 0.5) is 4.39 Å². The Morgan fingerprint density at radius 1 is 1.45 bits per heavy atom. The number of rotatable bonds is 8. The van der Waals surface area contributed by atoms with Crippen LogP contribution in [0.15, 0.2) is 29.1 Å². The Labute approximate surface area is 182 Å². The average molecular weight is 470 g/mol. The van der Waals surface area contributed by atoms with E-state index in [4.69, 9.17) is 5.11 Å². The van der Waals surface area contributed by atoms with E-state index in [1.807, 2.05) is 0 Å². The molecule has 2 aliphatic rings. The molecule has 3 rings (SSSR count). The zero-order valence-electron chi connectivity index (χ0n) is 15.8. The number of nitrogens with zero attached hydrogens (tertiary/aromatic N) is 3. The summed E-state index contributed by atoms with van der Waals surface area (Å²) in [6.07, 6.45) is 1.35. The number of thioether (sulfide) groups is 1. The number of carboxylic acids is 2. The molecule has 31 heavy (non-hydrogen) atoms. The van der Waals surface area contributed by atoms with Crippen LogP contribution in [0.1, 0.15) is 10.7 Å². The van der Waals surface area contributed by atoms with Gasteiger partial charge in [-0.3, -0.25) is 14.5 Å². The van der Waals surface area contributed by atoms with Crippen molar-refractivity contribution in [3.63, 3.8) is 0 Å². The first-order valence-corrected chi connectivity index (χ1v) is 10.4. The number of allylic oxidation sites excluding steroid dienone is 1. The summed E-state index contributed by atoms with van der Waals surface area (Å²) in [5, 5.41) is 22.6. The fraction of sp³-hybridized carbons (Fsp3) is 0.294. The molecule has 0 aromatic carbocycles. The van der Waals surface area contributed by atoms with E-state index in [2.05, 4.69) is 26.9 Å². The topological polar surface area (TPSA) is 158 Å². The first-order chi connectivity index (χ1) is 14.6. The molecule has 0 aliphatic carbocycles. The van der Waals surface area contributed by atoms with Crippen molar-refractivity contribution in [1.29, 1.82) is 0 Å². The molecule has 0 saturated carbocycles. The summed E-state index contributed by atoms with van der Waals surface area (Å²) in [4.78, 5) is 57.0. The van der Waals surface area contributed by atoms with Crippen molar-refractivity contribution in [1.82, 2.24) is 15.2 Å². The van der Waals surface area contributed by atoms with Crippen LogP contribution in [-0.2, 0) is 24.0 Å². The molecule has 3 N–H and O–H groups in total. The Kier molecular flexibility index (Phi) is 6.40. The van der Waals surface area contributed by atoms with Gasteiger partial charge in [0.25, 0.3) is 11.8 Å². The Balaban J connectivity index is 1.83. The van der Waals surface area contributed by atoms with Crippen LogP contribution in [0.2, 0.25) is 0 Å². The summed E-state index contributed by atoms with van der Waals surface area (Å²) < 4.78 is 14.2. The second-order valence-electron chi connectivity index (χ2n) is 6.21. The number of aromatic nitrogens is 1. The number of hydrogen-bond donors (Lipinski definition) is 3. The molecule has 164 valence electrons. The number of aliphatic carboxylic acids is 2. The highest BCUT2D eigenvalue weighted by Gasteiger charge is 2.54. The molecule has 1 aromatic rings. The first kappa shape index (κ1) is 22.4. The number of fused-ring (bicyclic) bond motifs is 1. The first-order valence-electron chi connectivity index (χ1n) is 8.55. The van der Waals surface area contributed by atoms with E-state index in [1.165, 1.54) is 24.8 Å². The van der Waals surface area contributed by atoms with Crippen LogP contribution >= 0.6 is 23.1 Å². The summed E-state index contributed by atoms with van der Waals surface area (Å²) in [6, 6.07) is -1.11. The minimum Gasteiger partial charge on any atom is -0.479 e. The van der Waals surface area contributed by atoms with Gasteiger partial charge < -0.3 is 20.4 Å². The zero-order chi connectivity index (χ0) is 22.9. The maximum absolute atomic E-state index is 14.2. The summed E-state index contributed by atoms with van der Waals surface area (Å²) in [6.45, 7) is 4.16. The van der Waals surface area contributed by atoms with Crippen molar-refractivity contribution in [2.45, 2.75) is 18.3 Å². The largest absolute Gasteiger partial charge is 0.479 e. The molecule has 14 heteroatoms. The van der Waals surface area contributed by atoms with Gasteiger partial charge in [0.15, 0.2) is 5.71 Å². The van der Waals surface area contributed by atoms with Gasteiger partial charge in [0.1, 0.15) is 22.8 Å². The summed E-state index contributed by atoms with van der Waals surface area (Å²) >= 11 is 1.87. The van der Waals surface area contributed by atoms with E-state index in [0.717, 1.165) is 4.90 Å². The second kappa shape index (κ2) is 8.85. The van der Waals surface area contributed by atoms with E-state index in [0.29, 0.717) is 16.9 Å². The van der Waals surface area contributed by atoms with Crippen molar-refractivity contribution < 1.29 is 38.6 Å². The van der Waals surface area contributed by atoms with Crippen LogP contribution in [-0.4, -0.2) is 73.3 Å². The molecule has 1 aromatic heterocycles. The van der Waals surface area contributed by atoms with Crippen molar-refractivity contribution in [3.8, 4) is 0 Å². The number of hydrogen-bond acceptors (Lipinski definition) is 9. The molecule has 1 saturated heterocycles. The molecule has 3 heterocycles. The predicted molar refractivity (Wildman–Crippen MR) is 107 cm³/mol. The molecule has 1 fully saturated rings. The van der Waals surface area contributed by atoms with E-state index in [-0.39, 0.29) is 16.5 Å². The van der Waals surface area contributed by atoms with Gasteiger partial charge in [-0.15, -0.1) is 11.8 Å². The molecule has 0 spiro atoms. The molecule has 0 radical (unpaired) electrons. The third kappa shape index (κ3) is 4.29. The number of carbonyl (C=O) groups excluding carboxylic acids is 2. The number of oxime groups is 1. The maximum Gasteiger partial charge on any atom is 0.352 e. The number of thiazole rings is 1. The van der Waals surface area contributed by atoms with Gasteiger partial charge in [-0.25, -0.2) is 14.6 Å². The van der Waals surface area contributed by atoms with E-state index in [9.17, 15) is 28.7 Å². The molecule has 0 bridgehead atoms. The SMILES string of the molecule is C=CC1=C(C(=O)O)N2C(=O)[C@@H](NC(=O)/C(=N/OCC(=O)O)c3nc(C)sc3F)[C@H]2SC1. The minimum atomic E-state index is -1.37.